The number of carbonyl (C=O) groups excluding carboxylic acids is 2. The average molecular weight is 359 g/mol. The predicted octanol–water partition coefficient (Wildman–Crippen LogP) is 3.75. The second-order valence-electron chi connectivity index (χ2n) is 3.63. The Bertz CT molecular complexity index is 620. The van der Waals surface area contributed by atoms with Gasteiger partial charge in [-0.2, -0.15) is 0 Å². The second-order valence-corrected chi connectivity index (χ2v) is 4.83. The summed E-state index contributed by atoms with van der Waals surface area (Å²) in [6.07, 6.45) is 0. The van der Waals surface area contributed by atoms with Crippen molar-refractivity contribution in [3.05, 3.63) is 69.9 Å². The van der Waals surface area contributed by atoms with Crippen LogP contribution in [0.15, 0.2) is 53.0 Å². The predicted molar refractivity (Wildman–Crippen MR) is 79.2 cm³/mol. The van der Waals surface area contributed by atoms with Crippen LogP contribution in [0.1, 0.15) is 20.7 Å². The smallest absolute Gasteiger partial charge is 0.253 e. The van der Waals surface area contributed by atoms with Crippen molar-refractivity contribution in [3.8, 4) is 0 Å². The zero-order valence-corrected chi connectivity index (χ0v) is 12.5. The fraction of sp³-hybridized carbons (Fsp3) is 0. The summed E-state index contributed by atoms with van der Waals surface area (Å²) in [6, 6.07) is 12.5. The van der Waals surface area contributed by atoms with Gasteiger partial charge in [0.2, 0.25) is 5.91 Å². The molecule has 20 heavy (non-hydrogen) atoms. The lowest BCUT2D eigenvalue weighted by Gasteiger charge is -1.96. The summed E-state index contributed by atoms with van der Waals surface area (Å²) in [5.41, 5.74) is 5.80. The monoisotopic (exact) mass is 357 g/mol. The molecule has 0 bridgehead atoms. The van der Waals surface area contributed by atoms with Gasteiger partial charge in [-0.3, -0.25) is 9.59 Å². The van der Waals surface area contributed by atoms with Gasteiger partial charge in [0.05, 0.1) is 0 Å². The molecular weight excluding hydrogens is 349 g/mol. The lowest BCUT2D eigenvalue weighted by atomic mass is 10.2. The van der Waals surface area contributed by atoms with Crippen molar-refractivity contribution >= 4 is 38.7 Å². The van der Waals surface area contributed by atoms with Crippen molar-refractivity contribution in [2.75, 3.05) is 0 Å². The van der Waals surface area contributed by atoms with E-state index in [9.17, 15) is 14.0 Å². The summed E-state index contributed by atoms with van der Waals surface area (Å²) in [6.45, 7) is 0. The zero-order chi connectivity index (χ0) is 15.1. The molecule has 0 atom stereocenters. The van der Waals surface area contributed by atoms with Gasteiger partial charge in [-0.25, -0.2) is 4.39 Å². The quantitative estimate of drug-likeness (QED) is 0.831. The Morgan fingerprint density at radius 2 is 1.70 bits per heavy atom. The molecule has 6 heteroatoms. The van der Waals surface area contributed by atoms with Crippen LogP contribution in [0.25, 0.3) is 0 Å². The molecule has 0 spiro atoms. The molecule has 1 amide bonds. The third-order valence-electron chi connectivity index (χ3n) is 2.20. The van der Waals surface area contributed by atoms with Crippen LogP contribution in [0.4, 0.5) is 4.39 Å². The fourth-order valence-corrected chi connectivity index (χ4v) is 2.06. The first-order valence-electron chi connectivity index (χ1n) is 5.41. The summed E-state index contributed by atoms with van der Waals surface area (Å²) in [4.78, 5) is 21.0. The zero-order valence-electron chi connectivity index (χ0n) is 10.1. The molecule has 2 N–H and O–H groups in total. The van der Waals surface area contributed by atoms with Crippen LogP contribution < -0.4 is 5.73 Å². The standard InChI is InChI=1S/C7H3BrClFO.C7H7NO/c8-6-3-4(10)1-2-5(6)7(9)11;8-7(9)6-4-2-1-3-5-6/h1-3H;1-5H,(H2,8,9). The van der Waals surface area contributed by atoms with Gasteiger partial charge in [-0.1, -0.05) is 18.2 Å². The van der Waals surface area contributed by atoms with Gasteiger partial charge < -0.3 is 5.73 Å². The molecule has 2 aromatic rings. The molecule has 3 nitrogen and oxygen atoms in total. The van der Waals surface area contributed by atoms with Gasteiger partial charge in [0.25, 0.3) is 5.24 Å². The van der Waals surface area contributed by atoms with Gasteiger partial charge >= 0.3 is 0 Å². The van der Waals surface area contributed by atoms with Crippen LogP contribution in [-0.4, -0.2) is 11.1 Å². The lowest BCUT2D eigenvalue weighted by Crippen LogP contribution is -2.09. The van der Waals surface area contributed by atoms with E-state index in [1.54, 1.807) is 24.3 Å². The van der Waals surface area contributed by atoms with Gasteiger partial charge in [0.15, 0.2) is 0 Å². The minimum atomic E-state index is -0.600. The minimum absolute atomic E-state index is 0.271. The minimum Gasteiger partial charge on any atom is -0.366 e. The molecule has 104 valence electrons. The first-order valence-corrected chi connectivity index (χ1v) is 6.58. The van der Waals surface area contributed by atoms with Crippen LogP contribution in [0, 0.1) is 5.82 Å². The highest BCUT2D eigenvalue weighted by Gasteiger charge is 2.06. The molecule has 0 heterocycles. The van der Waals surface area contributed by atoms with Gasteiger partial charge in [0.1, 0.15) is 5.82 Å². The van der Waals surface area contributed by atoms with E-state index in [2.05, 4.69) is 15.9 Å². The highest BCUT2D eigenvalue weighted by atomic mass is 79.9. The van der Waals surface area contributed by atoms with E-state index in [4.69, 9.17) is 17.3 Å². The van der Waals surface area contributed by atoms with Gasteiger partial charge in [0, 0.05) is 15.6 Å². The Labute approximate surface area is 128 Å². The summed E-state index contributed by atoms with van der Waals surface area (Å²) < 4.78 is 12.8. The van der Waals surface area contributed by atoms with E-state index in [-0.39, 0.29) is 11.5 Å². The Morgan fingerprint density at radius 1 is 1.10 bits per heavy atom. The summed E-state index contributed by atoms with van der Waals surface area (Å²) >= 11 is 8.17. The third kappa shape index (κ3) is 5.11. The van der Waals surface area contributed by atoms with E-state index in [1.807, 2.05) is 6.07 Å². The lowest BCUT2D eigenvalue weighted by molar-refractivity contribution is 0.0999. The summed E-state index contributed by atoms with van der Waals surface area (Å²) in [7, 11) is 0. The first kappa shape index (κ1) is 16.3. The van der Waals surface area contributed by atoms with Gasteiger partial charge in [-0.15, -0.1) is 0 Å². The maximum absolute atomic E-state index is 12.4. The van der Waals surface area contributed by atoms with E-state index < -0.39 is 11.1 Å². The molecule has 0 aliphatic heterocycles. The molecule has 0 aromatic heterocycles. The van der Waals surface area contributed by atoms with E-state index >= 15 is 0 Å². The number of amides is 1. The molecule has 2 rings (SSSR count). The van der Waals surface area contributed by atoms with Crippen molar-refractivity contribution in [1.29, 1.82) is 0 Å². The van der Waals surface area contributed by atoms with Crippen molar-refractivity contribution in [1.82, 2.24) is 0 Å². The molecule has 0 saturated heterocycles. The number of benzene rings is 2. The number of primary amides is 1. The first-order chi connectivity index (χ1) is 9.41. The van der Waals surface area contributed by atoms with Crippen LogP contribution in [0.5, 0.6) is 0 Å². The normalized spacial score (nSPS) is 9.35. The summed E-state index contributed by atoms with van der Waals surface area (Å²) in [5, 5.41) is -0.600. The fourth-order valence-electron chi connectivity index (χ4n) is 1.25. The maximum atomic E-state index is 12.4. The Kier molecular flexibility index (Phi) is 6.35. The topological polar surface area (TPSA) is 60.2 Å². The number of carbonyl (C=O) groups is 2. The number of halogens is 3. The molecule has 2 aromatic carbocycles. The number of nitrogens with two attached hydrogens (primary N) is 1. The van der Waals surface area contributed by atoms with Crippen molar-refractivity contribution in [2.45, 2.75) is 0 Å². The van der Waals surface area contributed by atoms with Crippen LogP contribution in [0.2, 0.25) is 0 Å². The van der Waals surface area contributed by atoms with Crippen molar-refractivity contribution in [3.63, 3.8) is 0 Å². The number of hydrogen-bond acceptors (Lipinski definition) is 2. The molecule has 0 radical (unpaired) electrons. The SMILES string of the molecule is NC(=O)c1ccccc1.O=C(Cl)c1ccc(F)cc1Br. The highest BCUT2D eigenvalue weighted by Crippen LogP contribution is 2.19. The largest absolute Gasteiger partial charge is 0.366 e. The molecule has 0 fully saturated rings. The second kappa shape index (κ2) is 7.77. The molecule has 0 unspecified atom stereocenters. The Morgan fingerprint density at radius 3 is 2.10 bits per heavy atom. The summed E-state index contributed by atoms with van der Waals surface area (Å²) in [5.74, 6) is -0.783. The molecule has 0 saturated carbocycles. The average Bonchev–Trinajstić information content (AvgIpc) is 2.40. The Balaban J connectivity index is 0.000000204. The van der Waals surface area contributed by atoms with Crippen LogP contribution in [-0.2, 0) is 0 Å². The Hall–Kier alpha value is -1.72. The highest BCUT2D eigenvalue weighted by molar-refractivity contribution is 9.10. The number of rotatable bonds is 2. The molecular formula is C14H10BrClFNO2. The van der Waals surface area contributed by atoms with Crippen LogP contribution in [0.3, 0.4) is 0 Å². The maximum Gasteiger partial charge on any atom is 0.253 e. The number of hydrogen-bond donors (Lipinski definition) is 1. The van der Waals surface area contributed by atoms with E-state index in [0.717, 1.165) is 0 Å². The van der Waals surface area contributed by atoms with Crippen LogP contribution >= 0.6 is 27.5 Å². The van der Waals surface area contributed by atoms with E-state index in [1.165, 1.54) is 18.2 Å². The molecule has 0 aliphatic rings. The van der Waals surface area contributed by atoms with Crippen molar-refractivity contribution in [2.24, 2.45) is 5.73 Å². The van der Waals surface area contributed by atoms with E-state index in [0.29, 0.717) is 10.0 Å². The third-order valence-corrected chi connectivity index (χ3v) is 3.06. The van der Waals surface area contributed by atoms with Crippen molar-refractivity contribution < 1.29 is 14.0 Å². The molecule has 0 aliphatic carbocycles. The van der Waals surface area contributed by atoms with Gasteiger partial charge in [-0.05, 0) is 57.9 Å².